The molecule has 1 fully saturated rings. The molecule has 2 rings (SSSR count). The SMILES string of the molecule is CC/C=C(\COCc1ccc(OC)cc1)[C@@H](CC(=O)N1C(=S)SC[C@@H]1C(C)C)O[Si](C)(C)C(C)(C)C. The summed E-state index contributed by atoms with van der Waals surface area (Å²) in [5.74, 6) is 2.08. The lowest BCUT2D eigenvalue weighted by Crippen LogP contribution is -2.48. The number of nitrogens with zero attached hydrogens (tertiary/aromatic N) is 1. The second-order valence-corrected chi connectivity index (χ2v) is 17.7. The van der Waals surface area contributed by atoms with Gasteiger partial charge in [0.25, 0.3) is 0 Å². The lowest BCUT2D eigenvalue weighted by atomic mass is 10.0. The van der Waals surface area contributed by atoms with E-state index in [0.29, 0.717) is 23.5 Å². The van der Waals surface area contributed by atoms with Crippen LogP contribution in [-0.2, 0) is 20.6 Å². The molecule has 1 amide bonds. The maximum Gasteiger partial charge on any atom is 0.231 e. The summed E-state index contributed by atoms with van der Waals surface area (Å²) in [6.07, 6.45) is 2.94. The molecule has 1 aliphatic rings. The molecule has 0 aliphatic carbocycles. The summed E-state index contributed by atoms with van der Waals surface area (Å²) >= 11 is 7.18. The van der Waals surface area contributed by atoms with Crippen molar-refractivity contribution in [3.05, 3.63) is 41.5 Å². The van der Waals surface area contributed by atoms with E-state index >= 15 is 0 Å². The van der Waals surface area contributed by atoms with Gasteiger partial charge in [-0.25, -0.2) is 0 Å². The van der Waals surface area contributed by atoms with Gasteiger partial charge in [-0.05, 0) is 53.7 Å². The van der Waals surface area contributed by atoms with Gasteiger partial charge in [-0.3, -0.25) is 9.69 Å². The smallest absolute Gasteiger partial charge is 0.231 e. The zero-order valence-electron chi connectivity index (χ0n) is 23.6. The van der Waals surface area contributed by atoms with Gasteiger partial charge in [0.2, 0.25) is 5.91 Å². The number of allylic oxidation sites excluding steroid dienone is 1. The first-order chi connectivity index (χ1) is 16.8. The zero-order valence-corrected chi connectivity index (χ0v) is 26.2. The first-order valence-electron chi connectivity index (χ1n) is 12.9. The van der Waals surface area contributed by atoms with Crippen molar-refractivity contribution in [1.82, 2.24) is 4.90 Å². The van der Waals surface area contributed by atoms with Crippen molar-refractivity contribution in [1.29, 1.82) is 0 Å². The lowest BCUT2D eigenvalue weighted by molar-refractivity contribution is -0.130. The quantitative estimate of drug-likeness (QED) is 0.155. The number of methoxy groups -OCH3 is 1. The molecule has 0 spiro atoms. The molecule has 0 N–H and O–H groups in total. The van der Waals surface area contributed by atoms with Gasteiger partial charge >= 0.3 is 0 Å². The van der Waals surface area contributed by atoms with E-state index in [0.717, 1.165) is 29.1 Å². The first kappa shape index (κ1) is 31.0. The summed E-state index contributed by atoms with van der Waals surface area (Å²) in [7, 11) is -0.494. The Bertz CT molecular complexity index is 909. The molecule has 8 heteroatoms. The Labute approximate surface area is 229 Å². The maximum atomic E-state index is 13.7. The Morgan fingerprint density at radius 2 is 1.89 bits per heavy atom. The minimum Gasteiger partial charge on any atom is -0.497 e. The number of amides is 1. The van der Waals surface area contributed by atoms with Crippen LogP contribution in [0, 0.1) is 5.92 Å². The Hall–Kier alpha value is -1.19. The van der Waals surface area contributed by atoms with E-state index in [2.05, 4.69) is 60.7 Å². The van der Waals surface area contributed by atoms with Crippen LogP contribution in [0.2, 0.25) is 18.1 Å². The van der Waals surface area contributed by atoms with Gasteiger partial charge in [-0.2, -0.15) is 0 Å². The molecule has 1 saturated heterocycles. The van der Waals surface area contributed by atoms with E-state index in [1.54, 1.807) is 18.9 Å². The minimum absolute atomic E-state index is 0.0227. The van der Waals surface area contributed by atoms with Crippen LogP contribution in [0.25, 0.3) is 0 Å². The van der Waals surface area contributed by atoms with Crippen LogP contribution in [0.15, 0.2) is 35.9 Å². The van der Waals surface area contributed by atoms with Crippen molar-refractivity contribution in [3.8, 4) is 5.75 Å². The van der Waals surface area contributed by atoms with Crippen LogP contribution in [-0.4, -0.2) is 55.1 Å². The Morgan fingerprint density at radius 1 is 1.25 bits per heavy atom. The molecule has 0 unspecified atom stereocenters. The molecule has 0 saturated carbocycles. The highest BCUT2D eigenvalue weighted by molar-refractivity contribution is 8.23. The highest BCUT2D eigenvalue weighted by Gasteiger charge is 2.42. The van der Waals surface area contributed by atoms with E-state index in [1.165, 1.54) is 0 Å². The normalized spacial score (nSPS) is 18.2. The molecular formula is C28H45NO4S2Si. The van der Waals surface area contributed by atoms with E-state index in [-0.39, 0.29) is 29.5 Å². The van der Waals surface area contributed by atoms with Crippen molar-refractivity contribution in [2.24, 2.45) is 5.92 Å². The van der Waals surface area contributed by atoms with Crippen molar-refractivity contribution >= 4 is 42.5 Å². The number of hydrogen-bond donors (Lipinski definition) is 0. The molecule has 5 nitrogen and oxygen atoms in total. The molecule has 36 heavy (non-hydrogen) atoms. The largest absolute Gasteiger partial charge is 0.497 e. The van der Waals surface area contributed by atoms with Gasteiger partial charge in [0, 0.05) is 11.8 Å². The van der Waals surface area contributed by atoms with Gasteiger partial charge in [-0.1, -0.05) is 83.7 Å². The fourth-order valence-corrected chi connectivity index (χ4v) is 6.77. The summed E-state index contributed by atoms with van der Waals surface area (Å²) in [4.78, 5) is 15.5. The molecular weight excluding hydrogens is 507 g/mol. The summed E-state index contributed by atoms with van der Waals surface area (Å²) in [6.45, 7) is 18.5. The monoisotopic (exact) mass is 551 g/mol. The molecule has 202 valence electrons. The molecule has 1 aromatic rings. The van der Waals surface area contributed by atoms with Crippen LogP contribution in [0.1, 0.15) is 59.9 Å². The second-order valence-electron chi connectivity index (χ2n) is 11.3. The summed E-state index contributed by atoms with van der Waals surface area (Å²) < 4.78 is 19.0. The Balaban J connectivity index is 2.24. The van der Waals surface area contributed by atoms with Crippen LogP contribution >= 0.6 is 24.0 Å². The average Bonchev–Trinajstić information content (AvgIpc) is 3.19. The van der Waals surface area contributed by atoms with E-state index in [9.17, 15) is 4.79 Å². The topological polar surface area (TPSA) is 48.0 Å². The fourth-order valence-electron chi connectivity index (χ4n) is 3.81. The van der Waals surface area contributed by atoms with Crippen molar-refractivity contribution in [2.45, 2.75) is 91.3 Å². The third-order valence-corrected chi connectivity index (χ3v) is 13.1. The minimum atomic E-state index is -2.15. The number of benzene rings is 1. The van der Waals surface area contributed by atoms with Crippen LogP contribution in [0.5, 0.6) is 5.75 Å². The molecule has 1 aromatic carbocycles. The van der Waals surface area contributed by atoms with E-state index < -0.39 is 8.32 Å². The third-order valence-electron chi connectivity index (χ3n) is 7.12. The van der Waals surface area contributed by atoms with Crippen molar-refractivity contribution < 1.29 is 18.7 Å². The number of thioether (sulfide) groups is 1. The van der Waals surface area contributed by atoms with Crippen molar-refractivity contribution in [3.63, 3.8) is 0 Å². The highest BCUT2D eigenvalue weighted by Crippen LogP contribution is 2.39. The zero-order chi connectivity index (χ0) is 27.1. The first-order valence-corrected chi connectivity index (χ1v) is 17.2. The third kappa shape index (κ3) is 8.41. The summed E-state index contributed by atoms with van der Waals surface area (Å²) in [6, 6.07) is 8.02. The summed E-state index contributed by atoms with van der Waals surface area (Å²) in [5, 5.41) is 0.0227. The van der Waals surface area contributed by atoms with Gasteiger partial charge in [-0.15, -0.1) is 0 Å². The number of rotatable bonds is 12. The molecule has 1 aliphatic heterocycles. The summed E-state index contributed by atoms with van der Waals surface area (Å²) in [5.41, 5.74) is 2.10. The molecule has 2 atom stereocenters. The average molecular weight is 552 g/mol. The number of thiocarbonyl (C=S) groups is 1. The number of ether oxygens (including phenoxy) is 2. The van der Waals surface area contributed by atoms with Crippen molar-refractivity contribution in [2.75, 3.05) is 19.5 Å². The molecule has 1 heterocycles. The Morgan fingerprint density at radius 3 is 2.42 bits per heavy atom. The number of carbonyl (C=O) groups is 1. The second kappa shape index (κ2) is 13.6. The van der Waals surface area contributed by atoms with Crippen LogP contribution < -0.4 is 4.74 Å². The van der Waals surface area contributed by atoms with E-state index in [1.807, 2.05) is 29.2 Å². The van der Waals surface area contributed by atoms with E-state index in [4.69, 9.17) is 26.1 Å². The predicted molar refractivity (Wildman–Crippen MR) is 158 cm³/mol. The number of carbonyl (C=O) groups excluding carboxylic acids is 1. The van der Waals surface area contributed by atoms with Crippen LogP contribution in [0.3, 0.4) is 0 Å². The maximum absolute atomic E-state index is 13.7. The predicted octanol–water partition coefficient (Wildman–Crippen LogP) is 7.21. The highest BCUT2D eigenvalue weighted by atomic mass is 32.2. The lowest BCUT2D eigenvalue weighted by Gasteiger charge is -2.40. The fraction of sp³-hybridized carbons (Fsp3) is 0.643. The molecule has 0 radical (unpaired) electrons. The van der Waals surface area contributed by atoms with Gasteiger partial charge < -0.3 is 13.9 Å². The molecule has 0 aromatic heterocycles. The van der Waals surface area contributed by atoms with Crippen LogP contribution in [0.4, 0.5) is 0 Å². The standard InChI is InChI=1S/C28H45NO4S2Si/c1-10-11-22(18-32-17-21-12-14-23(31-7)15-13-21)25(33-36(8,9)28(4,5)6)16-26(30)29-24(20(2)3)19-35-27(29)34/h11-15,20,24-25H,10,16-19H2,1-9H3/b22-11+/t24-,25-/m1/s1. The molecule has 0 bridgehead atoms. The van der Waals surface area contributed by atoms with Gasteiger partial charge in [0.05, 0.1) is 32.8 Å². The van der Waals surface area contributed by atoms with Gasteiger partial charge in [0.1, 0.15) is 10.1 Å². The Kier molecular flexibility index (Phi) is 11.7. The number of hydrogen-bond acceptors (Lipinski definition) is 6. The van der Waals surface area contributed by atoms with Gasteiger partial charge in [0.15, 0.2) is 8.32 Å².